The van der Waals surface area contributed by atoms with Gasteiger partial charge in [-0.3, -0.25) is 0 Å². The first-order chi connectivity index (χ1) is 15.7. The summed E-state index contributed by atoms with van der Waals surface area (Å²) in [6, 6.07) is -0.0592. The Morgan fingerprint density at radius 2 is 1.62 bits per heavy atom. The second kappa shape index (κ2) is 8.16. The Morgan fingerprint density at radius 1 is 1.00 bits per heavy atom. The highest BCUT2D eigenvalue weighted by Gasteiger charge is 2.50. The summed E-state index contributed by atoms with van der Waals surface area (Å²) in [6.07, 6.45) is 2.60. The SMILES string of the molecule is CC(C)(C)OC(=O)N(C(=O)OC(C)(C)C)c1ncnc2c1ncn2[C@H]1CC[C@H]2OC(C)(C)O[C@H]21. The van der Waals surface area contributed by atoms with Crippen LogP contribution in [0.3, 0.4) is 0 Å². The van der Waals surface area contributed by atoms with E-state index in [4.69, 9.17) is 18.9 Å². The van der Waals surface area contributed by atoms with Crippen molar-refractivity contribution in [1.29, 1.82) is 0 Å². The number of ether oxygens (including phenoxy) is 4. The molecular formula is C23H33N5O6. The van der Waals surface area contributed by atoms with Gasteiger partial charge in [0, 0.05) is 0 Å². The largest absolute Gasteiger partial charge is 0.443 e. The highest BCUT2D eigenvalue weighted by Crippen LogP contribution is 2.44. The molecule has 0 unspecified atom stereocenters. The summed E-state index contributed by atoms with van der Waals surface area (Å²) in [5.74, 6) is -0.667. The van der Waals surface area contributed by atoms with Crippen LogP contribution in [0.1, 0.15) is 74.3 Å². The minimum atomic E-state index is -0.911. The predicted octanol–water partition coefficient (Wildman–Crippen LogP) is 4.36. The lowest BCUT2D eigenvalue weighted by atomic mass is 10.2. The number of carbonyl (C=O) groups excluding carboxylic acids is 2. The van der Waals surface area contributed by atoms with Gasteiger partial charge in [-0.1, -0.05) is 0 Å². The average Bonchev–Trinajstić information content (AvgIpc) is 3.30. The Hall–Kier alpha value is -2.79. The fourth-order valence-electron chi connectivity index (χ4n) is 4.32. The molecule has 34 heavy (non-hydrogen) atoms. The van der Waals surface area contributed by atoms with Gasteiger partial charge >= 0.3 is 12.2 Å². The van der Waals surface area contributed by atoms with E-state index in [0.29, 0.717) is 5.65 Å². The number of hydrogen-bond acceptors (Lipinski definition) is 9. The van der Waals surface area contributed by atoms with Crippen LogP contribution in [0.2, 0.25) is 0 Å². The monoisotopic (exact) mass is 475 g/mol. The number of rotatable bonds is 2. The van der Waals surface area contributed by atoms with E-state index in [2.05, 4.69) is 15.0 Å². The number of anilines is 1. The fraction of sp³-hybridized carbons (Fsp3) is 0.696. The first kappa shape index (κ1) is 24.3. The fourth-order valence-corrected chi connectivity index (χ4v) is 4.32. The highest BCUT2D eigenvalue weighted by atomic mass is 16.8. The van der Waals surface area contributed by atoms with E-state index in [1.165, 1.54) is 6.33 Å². The molecule has 2 aromatic rings. The Balaban J connectivity index is 1.74. The zero-order chi connectivity index (χ0) is 25.1. The molecular weight excluding hydrogens is 442 g/mol. The van der Waals surface area contributed by atoms with Crippen LogP contribution in [0.4, 0.5) is 15.4 Å². The summed E-state index contributed by atoms with van der Waals surface area (Å²) >= 11 is 0. The standard InChI is InChI=1S/C23H33N5O6/c1-21(2,3)33-19(29)28(20(30)34-22(4,5)6)18-15-17(24-11-25-18)27(12-26-15)13-9-10-14-16(13)32-23(7,8)31-14/h11-14,16H,9-10H2,1-8H3/t13-,14+,16-/m0/s1. The van der Waals surface area contributed by atoms with Crippen molar-refractivity contribution in [2.45, 2.75) is 103 Å². The Labute approximate surface area is 198 Å². The highest BCUT2D eigenvalue weighted by molar-refractivity contribution is 6.12. The van der Waals surface area contributed by atoms with Crippen molar-refractivity contribution in [2.24, 2.45) is 0 Å². The van der Waals surface area contributed by atoms with Crippen LogP contribution < -0.4 is 4.90 Å². The maximum atomic E-state index is 13.1. The average molecular weight is 476 g/mol. The van der Waals surface area contributed by atoms with Gasteiger partial charge in [0.25, 0.3) is 0 Å². The minimum Gasteiger partial charge on any atom is -0.443 e. The van der Waals surface area contributed by atoms with E-state index < -0.39 is 29.2 Å². The number of fused-ring (bicyclic) bond motifs is 2. The van der Waals surface area contributed by atoms with Crippen LogP contribution in [0, 0.1) is 0 Å². The number of hydrogen-bond donors (Lipinski definition) is 0. The van der Waals surface area contributed by atoms with Crippen LogP contribution in [0.15, 0.2) is 12.7 Å². The van der Waals surface area contributed by atoms with Crippen molar-refractivity contribution in [3.63, 3.8) is 0 Å². The zero-order valence-corrected chi connectivity index (χ0v) is 21.0. The van der Waals surface area contributed by atoms with Crippen molar-refractivity contribution >= 4 is 29.2 Å². The first-order valence-electron chi connectivity index (χ1n) is 11.4. The van der Waals surface area contributed by atoms with Crippen molar-refractivity contribution in [3.8, 4) is 0 Å². The summed E-state index contributed by atoms with van der Waals surface area (Å²) < 4.78 is 25.0. The quantitative estimate of drug-likeness (QED) is 0.624. The van der Waals surface area contributed by atoms with Gasteiger partial charge in [0.05, 0.1) is 18.5 Å². The predicted molar refractivity (Wildman–Crippen MR) is 122 cm³/mol. The third-order valence-electron chi connectivity index (χ3n) is 5.41. The third kappa shape index (κ3) is 4.85. The van der Waals surface area contributed by atoms with E-state index in [1.54, 1.807) is 47.9 Å². The topological polar surface area (TPSA) is 118 Å². The molecule has 2 aliphatic rings. The molecule has 1 aliphatic heterocycles. The molecule has 0 spiro atoms. The van der Waals surface area contributed by atoms with Crippen molar-refractivity contribution in [1.82, 2.24) is 19.5 Å². The Bertz CT molecular complexity index is 1070. The normalized spacial score (nSPS) is 24.2. The molecule has 0 aromatic carbocycles. The number of aromatic nitrogens is 4. The molecule has 1 saturated carbocycles. The third-order valence-corrected chi connectivity index (χ3v) is 5.41. The summed E-state index contributed by atoms with van der Waals surface area (Å²) in [6.45, 7) is 14.1. The number of imide groups is 1. The molecule has 4 rings (SSSR count). The molecule has 0 radical (unpaired) electrons. The summed E-state index contributed by atoms with van der Waals surface area (Å²) in [5, 5.41) is 0. The second-order valence-electron chi connectivity index (χ2n) is 11.1. The Kier molecular flexibility index (Phi) is 5.84. The molecule has 11 heteroatoms. The molecule has 186 valence electrons. The summed E-state index contributed by atoms with van der Waals surface area (Å²) in [7, 11) is 0. The van der Waals surface area contributed by atoms with Crippen LogP contribution in [-0.2, 0) is 18.9 Å². The maximum Gasteiger partial charge on any atom is 0.425 e. The molecule has 3 atom stereocenters. The summed E-state index contributed by atoms with van der Waals surface area (Å²) in [5.41, 5.74) is -0.926. The van der Waals surface area contributed by atoms with Crippen LogP contribution in [0.25, 0.3) is 11.2 Å². The van der Waals surface area contributed by atoms with Crippen LogP contribution >= 0.6 is 0 Å². The molecule has 11 nitrogen and oxygen atoms in total. The molecule has 1 saturated heterocycles. The van der Waals surface area contributed by atoms with E-state index in [0.717, 1.165) is 17.7 Å². The van der Waals surface area contributed by atoms with E-state index >= 15 is 0 Å². The molecule has 2 fully saturated rings. The Morgan fingerprint density at radius 3 is 2.21 bits per heavy atom. The van der Waals surface area contributed by atoms with Gasteiger partial charge in [0.2, 0.25) is 0 Å². The van der Waals surface area contributed by atoms with Crippen molar-refractivity contribution in [3.05, 3.63) is 12.7 Å². The van der Waals surface area contributed by atoms with Gasteiger partial charge in [0.1, 0.15) is 23.6 Å². The van der Waals surface area contributed by atoms with Gasteiger partial charge in [0.15, 0.2) is 22.8 Å². The van der Waals surface area contributed by atoms with E-state index in [-0.39, 0.29) is 29.6 Å². The molecule has 0 N–H and O–H groups in total. The lowest BCUT2D eigenvalue weighted by molar-refractivity contribution is -0.155. The van der Waals surface area contributed by atoms with Crippen LogP contribution in [0.5, 0.6) is 0 Å². The van der Waals surface area contributed by atoms with Gasteiger partial charge in [-0.15, -0.1) is 0 Å². The van der Waals surface area contributed by atoms with Crippen molar-refractivity contribution in [2.75, 3.05) is 4.90 Å². The van der Waals surface area contributed by atoms with E-state index in [1.807, 2.05) is 18.4 Å². The lowest BCUT2D eigenvalue weighted by Crippen LogP contribution is -2.44. The first-order valence-corrected chi connectivity index (χ1v) is 11.4. The molecule has 3 heterocycles. The number of imidazole rings is 1. The number of carbonyl (C=O) groups is 2. The maximum absolute atomic E-state index is 13.1. The lowest BCUT2D eigenvalue weighted by Gasteiger charge is -2.28. The molecule has 2 amide bonds. The molecule has 1 aliphatic carbocycles. The molecule has 2 aromatic heterocycles. The smallest absolute Gasteiger partial charge is 0.425 e. The number of amides is 2. The van der Waals surface area contributed by atoms with Gasteiger partial charge < -0.3 is 23.5 Å². The zero-order valence-electron chi connectivity index (χ0n) is 21.0. The van der Waals surface area contributed by atoms with Gasteiger partial charge in [-0.2, -0.15) is 4.90 Å². The minimum absolute atomic E-state index is 0.00860. The molecule has 0 bridgehead atoms. The van der Waals surface area contributed by atoms with Gasteiger partial charge in [-0.05, 0) is 68.2 Å². The van der Waals surface area contributed by atoms with Gasteiger partial charge in [-0.25, -0.2) is 24.5 Å². The van der Waals surface area contributed by atoms with E-state index in [9.17, 15) is 9.59 Å². The van der Waals surface area contributed by atoms with Crippen LogP contribution in [-0.4, -0.2) is 60.9 Å². The summed E-state index contributed by atoms with van der Waals surface area (Å²) in [4.78, 5) is 40.0. The van der Waals surface area contributed by atoms with Crippen molar-refractivity contribution < 1.29 is 28.5 Å². The number of nitrogens with zero attached hydrogens (tertiary/aromatic N) is 5. The second-order valence-corrected chi connectivity index (χ2v) is 11.1.